The second-order valence-electron chi connectivity index (χ2n) is 2.82. The molecule has 66 valence electrons. The molecule has 2 aromatic heterocycles. The van der Waals surface area contributed by atoms with Gasteiger partial charge in [-0.1, -0.05) is 0 Å². The Morgan fingerprint density at radius 1 is 1.46 bits per heavy atom. The van der Waals surface area contributed by atoms with Gasteiger partial charge in [-0.3, -0.25) is 4.79 Å². The summed E-state index contributed by atoms with van der Waals surface area (Å²) in [6.45, 7) is 1.78. The predicted octanol–water partition coefficient (Wildman–Crippen LogP) is 2.15. The zero-order chi connectivity index (χ0) is 9.26. The third-order valence-corrected chi connectivity index (χ3v) is 1.96. The summed E-state index contributed by atoms with van der Waals surface area (Å²) in [5.74, 6) is 0.652. The lowest BCUT2D eigenvalue weighted by atomic mass is 10.1. The third kappa shape index (κ3) is 1.28. The average molecular weight is 175 g/mol. The molecule has 1 N–H and O–H groups in total. The number of hydrogen-bond acceptors (Lipinski definition) is 2. The molecule has 2 heterocycles. The van der Waals surface area contributed by atoms with E-state index in [1.807, 2.05) is 0 Å². The fraction of sp³-hybridized carbons (Fsp3) is 0.100. The van der Waals surface area contributed by atoms with Crippen LogP contribution in [-0.4, -0.2) is 10.8 Å². The van der Waals surface area contributed by atoms with Crippen LogP contribution in [-0.2, 0) is 0 Å². The second kappa shape index (κ2) is 2.94. The van der Waals surface area contributed by atoms with Crippen LogP contribution < -0.4 is 0 Å². The Labute approximate surface area is 75.4 Å². The maximum Gasteiger partial charge on any atom is 0.198 e. The number of rotatable bonds is 2. The number of aromatic nitrogens is 1. The van der Waals surface area contributed by atoms with Crippen LogP contribution in [0.1, 0.15) is 21.7 Å². The molecule has 0 aliphatic rings. The number of nitrogens with one attached hydrogen (secondary N) is 1. The van der Waals surface area contributed by atoms with Gasteiger partial charge < -0.3 is 9.40 Å². The Kier molecular flexibility index (Phi) is 1.77. The van der Waals surface area contributed by atoms with Crippen molar-refractivity contribution >= 4 is 5.78 Å². The fourth-order valence-electron chi connectivity index (χ4n) is 1.24. The quantitative estimate of drug-likeness (QED) is 0.711. The van der Waals surface area contributed by atoms with E-state index in [0.717, 1.165) is 0 Å². The predicted molar refractivity (Wildman–Crippen MR) is 47.7 cm³/mol. The Morgan fingerprint density at radius 2 is 2.31 bits per heavy atom. The first-order valence-corrected chi connectivity index (χ1v) is 4.00. The maximum absolute atomic E-state index is 11.7. The average Bonchev–Trinajstić information content (AvgIpc) is 2.72. The van der Waals surface area contributed by atoms with Gasteiger partial charge in [-0.05, 0) is 19.1 Å². The van der Waals surface area contributed by atoms with Gasteiger partial charge in [0.15, 0.2) is 5.78 Å². The zero-order valence-corrected chi connectivity index (χ0v) is 7.20. The van der Waals surface area contributed by atoms with Gasteiger partial charge in [0.25, 0.3) is 0 Å². The fourth-order valence-corrected chi connectivity index (χ4v) is 1.24. The highest BCUT2D eigenvalue weighted by Gasteiger charge is 2.13. The molecule has 0 spiro atoms. The van der Waals surface area contributed by atoms with Crippen molar-refractivity contribution in [3.8, 4) is 0 Å². The number of carbonyl (C=O) groups is 1. The van der Waals surface area contributed by atoms with Gasteiger partial charge >= 0.3 is 0 Å². The Morgan fingerprint density at radius 3 is 2.85 bits per heavy atom. The van der Waals surface area contributed by atoms with Gasteiger partial charge in [-0.2, -0.15) is 0 Å². The van der Waals surface area contributed by atoms with Gasteiger partial charge in [0.05, 0.1) is 11.8 Å². The number of H-pyrrole nitrogens is 1. The van der Waals surface area contributed by atoms with E-state index in [-0.39, 0.29) is 5.78 Å². The maximum atomic E-state index is 11.7. The van der Waals surface area contributed by atoms with E-state index in [2.05, 4.69) is 4.98 Å². The number of aromatic amines is 1. The second-order valence-corrected chi connectivity index (χ2v) is 2.82. The SMILES string of the molecule is Cc1occc1C(=O)c1cc[nH]c1. The van der Waals surface area contributed by atoms with E-state index in [4.69, 9.17) is 4.42 Å². The number of carbonyl (C=O) groups excluding carboxylic acids is 1. The van der Waals surface area contributed by atoms with Crippen LogP contribution in [0.25, 0.3) is 0 Å². The summed E-state index contributed by atoms with van der Waals surface area (Å²) in [6, 6.07) is 3.43. The Balaban J connectivity index is 2.39. The van der Waals surface area contributed by atoms with Gasteiger partial charge in [-0.15, -0.1) is 0 Å². The molecular weight excluding hydrogens is 166 g/mol. The molecule has 13 heavy (non-hydrogen) atoms. The first-order valence-electron chi connectivity index (χ1n) is 4.00. The highest BCUT2D eigenvalue weighted by molar-refractivity contribution is 6.09. The van der Waals surface area contributed by atoms with Crippen molar-refractivity contribution in [2.75, 3.05) is 0 Å². The van der Waals surface area contributed by atoms with Crippen LogP contribution in [0.5, 0.6) is 0 Å². The van der Waals surface area contributed by atoms with Crippen LogP contribution >= 0.6 is 0 Å². The molecule has 0 saturated carbocycles. The van der Waals surface area contributed by atoms with E-state index < -0.39 is 0 Å². The molecule has 0 bridgehead atoms. The standard InChI is InChI=1S/C10H9NO2/c1-7-9(3-5-13-7)10(12)8-2-4-11-6-8/h2-6,11H,1H3. The van der Waals surface area contributed by atoms with E-state index in [1.165, 1.54) is 6.26 Å². The largest absolute Gasteiger partial charge is 0.469 e. The van der Waals surface area contributed by atoms with E-state index in [9.17, 15) is 4.79 Å². The minimum absolute atomic E-state index is 0.00694. The van der Waals surface area contributed by atoms with Crippen LogP contribution in [0.2, 0.25) is 0 Å². The molecule has 3 heteroatoms. The van der Waals surface area contributed by atoms with Crippen molar-refractivity contribution in [1.82, 2.24) is 4.98 Å². The molecule has 0 unspecified atom stereocenters. The van der Waals surface area contributed by atoms with Crippen molar-refractivity contribution in [2.24, 2.45) is 0 Å². The third-order valence-electron chi connectivity index (χ3n) is 1.96. The first-order chi connectivity index (χ1) is 6.29. The summed E-state index contributed by atoms with van der Waals surface area (Å²) in [4.78, 5) is 14.5. The van der Waals surface area contributed by atoms with Crippen LogP contribution in [0.4, 0.5) is 0 Å². The molecule has 2 rings (SSSR count). The van der Waals surface area contributed by atoms with Crippen molar-refractivity contribution in [3.63, 3.8) is 0 Å². The number of ketones is 1. The van der Waals surface area contributed by atoms with Crippen molar-refractivity contribution in [1.29, 1.82) is 0 Å². The van der Waals surface area contributed by atoms with Gasteiger partial charge in [0, 0.05) is 18.0 Å². The number of furan rings is 1. The number of aryl methyl sites for hydroxylation is 1. The molecular formula is C10H9NO2. The molecule has 0 aliphatic heterocycles. The highest BCUT2D eigenvalue weighted by Crippen LogP contribution is 2.14. The van der Waals surface area contributed by atoms with Gasteiger partial charge in [-0.25, -0.2) is 0 Å². The topological polar surface area (TPSA) is 46.0 Å². The van der Waals surface area contributed by atoms with E-state index >= 15 is 0 Å². The molecule has 0 atom stereocenters. The van der Waals surface area contributed by atoms with Crippen LogP contribution in [0.3, 0.4) is 0 Å². The highest BCUT2D eigenvalue weighted by atomic mass is 16.3. The summed E-state index contributed by atoms with van der Waals surface area (Å²) in [5, 5.41) is 0. The molecule has 0 fully saturated rings. The lowest BCUT2D eigenvalue weighted by Crippen LogP contribution is -1.99. The lowest BCUT2D eigenvalue weighted by molar-refractivity contribution is 0.103. The minimum atomic E-state index is -0.00694. The first kappa shape index (κ1) is 7.86. The molecule has 0 amide bonds. The molecule has 0 aliphatic carbocycles. The smallest absolute Gasteiger partial charge is 0.198 e. The van der Waals surface area contributed by atoms with Gasteiger partial charge in [0.1, 0.15) is 5.76 Å². The molecule has 2 aromatic rings. The summed E-state index contributed by atoms with van der Waals surface area (Å²) in [6.07, 6.45) is 4.92. The van der Waals surface area contributed by atoms with Crippen molar-refractivity contribution < 1.29 is 9.21 Å². The van der Waals surface area contributed by atoms with Crippen molar-refractivity contribution in [3.05, 3.63) is 47.7 Å². The van der Waals surface area contributed by atoms with E-state index in [1.54, 1.807) is 31.5 Å². The van der Waals surface area contributed by atoms with Gasteiger partial charge in [0.2, 0.25) is 0 Å². The molecule has 0 aromatic carbocycles. The summed E-state index contributed by atoms with van der Waals surface area (Å²) in [7, 11) is 0. The zero-order valence-electron chi connectivity index (χ0n) is 7.20. The van der Waals surface area contributed by atoms with Crippen LogP contribution in [0.15, 0.2) is 35.2 Å². The Bertz CT molecular complexity index is 412. The summed E-state index contributed by atoms with van der Waals surface area (Å²) in [5.41, 5.74) is 1.28. The molecule has 3 nitrogen and oxygen atoms in total. The molecule has 0 saturated heterocycles. The van der Waals surface area contributed by atoms with Crippen LogP contribution in [0, 0.1) is 6.92 Å². The molecule has 0 radical (unpaired) electrons. The van der Waals surface area contributed by atoms with Crippen molar-refractivity contribution in [2.45, 2.75) is 6.92 Å². The normalized spacial score (nSPS) is 10.2. The van der Waals surface area contributed by atoms with E-state index in [0.29, 0.717) is 16.9 Å². The summed E-state index contributed by atoms with van der Waals surface area (Å²) >= 11 is 0. The minimum Gasteiger partial charge on any atom is -0.469 e. The summed E-state index contributed by atoms with van der Waals surface area (Å²) < 4.78 is 5.05. The Hall–Kier alpha value is -1.77. The number of hydrogen-bond donors (Lipinski definition) is 1. The monoisotopic (exact) mass is 175 g/mol. The lowest BCUT2D eigenvalue weighted by Gasteiger charge is -1.93.